The second kappa shape index (κ2) is 4.53. The van der Waals surface area contributed by atoms with Gasteiger partial charge in [0.05, 0.1) is 0 Å². The van der Waals surface area contributed by atoms with Crippen molar-refractivity contribution >= 4 is 11.7 Å². The molecule has 2 rings (SSSR count). The molecule has 0 unspecified atom stereocenters. The van der Waals surface area contributed by atoms with E-state index in [2.05, 4.69) is 0 Å². The number of benzene rings is 1. The first-order valence-corrected chi connectivity index (χ1v) is 5.21. The van der Waals surface area contributed by atoms with Gasteiger partial charge in [0.2, 0.25) is 0 Å². The molecule has 0 saturated carbocycles. The Labute approximate surface area is 97.0 Å². The lowest BCUT2D eigenvalue weighted by atomic mass is 9.98. The highest BCUT2D eigenvalue weighted by molar-refractivity contribution is 5.71. The van der Waals surface area contributed by atoms with Crippen molar-refractivity contribution < 1.29 is 18.7 Å². The zero-order valence-corrected chi connectivity index (χ0v) is 8.99. The highest BCUT2D eigenvalue weighted by Crippen LogP contribution is 2.26. The van der Waals surface area contributed by atoms with Crippen LogP contribution in [-0.4, -0.2) is 29.2 Å². The lowest BCUT2D eigenvalue weighted by molar-refractivity contribution is 0.150. The summed E-state index contributed by atoms with van der Waals surface area (Å²) >= 11 is 0. The van der Waals surface area contributed by atoms with Gasteiger partial charge in [-0.05, 0) is 24.1 Å². The van der Waals surface area contributed by atoms with E-state index in [4.69, 9.17) is 5.11 Å². The fourth-order valence-electron chi connectivity index (χ4n) is 1.87. The smallest absolute Gasteiger partial charge is 0.407 e. The molecule has 0 saturated heterocycles. The van der Waals surface area contributed by atoms with Crippen LogP contribution in [-0.2, 0) is 0 Å². The predicted octanol–water partition coefficient (Wildman–Crippen LogP) is 2.73. The molecule has 5 heteroatoms. The van der Waals surface area contributed by atoms with Gasteiger partial charge in [-0.2, -0.15) is 0 Å². The van der Waals surface area contributed by atoms with E-state index in [0.717, 1.165) is 0 Å². The minimum atomic E-state index is -1.02. The number of hydrogen-bond acceptors (Lipinski definition) is 1. The Morgan fingerprint density at radius 2 is 1.94 bits per heavy atom. The molecule has 3 nitrogen and oxygen atoms in total. The monoisotopic (exact) mass is 239 g/mol. The van der Waals surface area contributed by atoms with E-state index in [1.54, 1.807) is 6.08 Å². The Hall–Kier alpha value is -1.91. The quantitative estimate of drug-likeness (QED) is 0.818. The van der Waals surface area contributed by atoms with E-state index in [-0.39, 0.29) is 18.7 Å². The van der Waals surface area contributed by atoms with Crippen molar-refractivity contribution in [3.63, 3.8) is 0 Å². The van der Waals surface area contributed by atoms with Crippen LogP contribution in [0, 0.1) is 11.6 Å². The van der Waals surface area contributed by atoms with E-state index in [1.165, 1.54) is 23.1 Å². The summed E-state index contributed by atoms with van der Waals surface area (Å²) in [5, 5.41) is 8.75. The second-order valence-electron chi connectivity index (χ2n) is 3.80. The first kappa shape index (κ1) is 11.6. The third kappa shape index (κ3) is 2.27. The molecule has 0 aromatic heterocycles. The number of hydrogen-bond donors (Lipinski definition) is 1. The Bertz CT molecular complexity index is 465. The van der Waals surface area contributed by atoms with Gasteiger partial charge in [0, 0.05) is 18.7 Å². The van der Waals surface area contributed by atoms with Gasteiger partial charge in [0.1, 0.15) is 11.6 Å². The summed E-state index contributed by atoms with van der Waals surface area (Å²) < 4.78 is 27.0. The molecule has 0 fully saturated rings. The summed E-state index contributed by atoms with van der Waals surface area (Å²) in [6, 6.07) is 3.70. The van der Waals surface area contributed by atoms with Crippen molar-refractivity contribution in [2.45, 2.75) is 6.42 Å². The van der Waals surface area contributed by atoms with Gasteiger partial charge < -0.3 is 10.0 Å². The highest BCUT2D eigenvalue weighted by atomic mass is 19.1. The summed E-state index contributed by atoms with van der Waals surface area (Å²) in [6.07, 6.45) is 0.859. The van der Waals surface area contributed by atoms with Crippen LogP contribution >= 0.6 is 0 Å². The largest absolute Gasteiger partial charge is 0.465 e. The summed E-state index contributed by atoms with van der Waals surface area (Å²) in [6.45, 7) is 0.424. The molecule has 0 bridgehead atoms. The number of carboxylic acid groups (broad SMARTS) is 1. The molecule has 0 spiro atoms. The fraction of sp³-hybridized carbons (Fsp3) is 0.250. The van der Waals surface area contributed by atoms with Crippen LogP contribution in [0.25, 0.3) is 5.57 Å². The average Bonchev–Trinajstić information content (AvgIpc) is 2.29. The third-order valence-corrected chi connectivity index (χ3v) is 2.76. The van der Waals surface area contributed by atoms with Crippen LogP contribution in [0.15, 0.2) is 24.3 Å². The summed E-state index contributed by atoms with van der Waals surface area (Å²) in [4.78, 5) is 11.9. The molecule has 0 radical (unpaired) electrons. The molecular formula is C12H11F2NO2. The van der Waals surface area contributed by atoms with E-state index >= 15 is 0 Å². The SMILES string of the molecule is O=C(O)N1CC=C(c2c(F)cccc2F)CC1. The molecule has 1 heterocycles. The number of carbonyl (C=O) groups is 1. The maximum atomic E-state index is 13.5. The van der Waals surface area contributed by atoms with E-state index in [1.807, 2.05) is 0 Å². The highest BCUT2D eigenvalue weighted by Gasteiger charge is 2.20. The van der Waals surface area contributed by atoms with Crippen molar-refractivity contribution in [3.05, 3.63) is 41.5 Å². The minimum absolute atomic E-state index is 0.0439. The van der Waals surface area contributed by atoms with E-state index in [0.29, 0.717) is 12.0 Å². The molecule has 1 aliphatic rings. The Kier molecular flexibility index (Phi) is 3.08. The van der Waals surface area contributed by atoms with Crippen molar-refractivity contribution in [2.75, 3.05) is 13.1 Å². The summed E-state index contributed by atoms with van der Waals surface area (Å²) in [5.41, 5.74) is 0.482. The topological polar surface area (TPSA) is 40.5 Å². The third-order valence-electron chi connectivity index (χ3n) is 2.76. The molecule has 1 aromatic carbocycles. The van der Waals surface area contributed by atoms with E-state index in [9.17, 15) is 13.6 Å². The van der Waals surface area contributed by atoms with Crippen LogP contribution in [0.1, 0.15) is 12.0 Å². The Balaban J connectivity index is 2.28. The van der Waals surface area contributed by atoms with Gasteiger partial charge in [-0.15, -0.1) is 0 Å². The molecule has 0 atom stereocenters. The van der Waals surface area contributed by atoms with Crippen molar-refractivity contribution in [3.8, 4) is 0 Å². The van der Waals surface area contributed by atoms with Crippen LogP contribution in [0.5, 0.6) is 0 Å². The van der Waals surface area contributed by atoms with Gasteiger partial charge in [-0.25, -0.2) is 13.6 Å². The Morgan fingerprint density at radius 3 is 2.41 bits per heavy atom. The van der Waals surface area contributed by atoms with Crippen LogP contribution < -0.4 is 0 Å². The fourth-order valence-corrected chi connectivity index (χ4v) is 1.87. The van der Waals surface area contributed by atoms with Gasteiger partial charge in [-0.1, -0.05) is 12.1 Å². The second-order valence-corrected chi connectivity index (χ2v) is 3.80. The van der Waals surface area contributed by atoms with Crippen molar-refractivity contribution in [1.29, 1.82) is 0 Å². The van der Waals surface area contributed by atoms with Gasteiger partial charge in [0.15, 0.2) is 0 Å². The van der Waals surface area contributed by atoms with Gasteiger partial charge >= 0.3 is 6.09 Å². The van der Waals surface area contributed by atoms with Crippen LogP contribution in [0.4, 0.5) is 13.6 Å². The number of amides is 1. The minimum Gasteiger partial charge on any atom is -0.465 e. The predicted molar refractivity (Wildman–Crippen MR) is 58.5 cm³/mol. The molecule has 1 N–H and O–H groups in total. The molecular weight excluding hydrogens is 228 g/mol. The first-order valence-electron chi connectivity index (χ1n) is 5.21. The molecule has 17 heavy (non-hydrogen) atoms. The van der Waals surface area contributed by atoms with Crippen molar-refractivity contribution in [1.82, 2.24) is 4.90 Å². The number of rotatable bonds is 1. The van der Waals surface area contributed by atoms with Gasteiger partial charge in [0.25, 0.3) is 0 Å². The molecule has 90 valence electrons. The molecule has 1 amide bonds. The zero-order valence-electron chi connectivity index (χ0n) is 8.99. The zero-order chi connectivity index (χ0) is 12.4. The lowest BCUT2D eigenvalue weighted by Crippen LogP contribution is -2.33. The normalized spacial score (nSPS) is 15.6. The van der Waals surface area contributed by atoms with Crippen molar-refractivity contribution in [2.24, 2.45) is 0 Å². The standard InChI is InChI=1S/C12H11F2NO2/c13-9-2-1-3-10(14)11(9)8-4-6-15(7-5-8)12(16)17/h1-4H,5-7H2,(H,16,17). The maximum absolute atomic E-state index is 13.5. The van der Waals surface area contributed by atoms with E-state index < -0.39 is 17.7 Å². The maximum Gasteiger partial charge on any atom is 0.407 e. The lowest BCUT2D eigenvalue weighted by Gasteiger charge is -2.24. The van der Waals surface area contributed by atoms with Crippen LogP contribution in [0.2, 0.25) is 0 Å². The average molecular weight is 239 g/mol. The summed E-state index contributed by atoms with van der Waals surface area (Å²) in [5.74, 6) is -1.22. The number of nitrogens with zero attached hydrogens (tertiary/aromatic N) is 1. The summed E-state index contributed by atoms with van der Waals surface area (Å²) in [7, 11) is 0. The number of halogens is 2. The van der Waals surface area contributed by atoms with Crippen LogP contribution in [0.3, 0.4) is 0 Å². The van der Waals surface area contributed by atoms with Gasteiger partial charge in [-0.3, -0.25) is 0 Å². The first-order chi connectivity index (χ1) is 8.09. The molecule has 1 aliphatic heterocycles. The Morgan fingerprint density at radius 1 is 1.29 bits per heavy atom. The molecule has 0 aliphatic carbocycles. The molecule has 1 aromatic rings.